The van der Waals surface area contributed by atoms with Crippen LogP contribution in [0.5, 0.6) is 11.5 Å². The Morgan fingerprint density at radius 2 is 1.79 bits per heavy atom. The van der Waals surface area contributed by atoms with Crippen molar-refractivity contribution in [1.29, 1.82) is 0 Å². The van der Waals surface area contributed by atoms with E-state index in [1.165, 1.54) is 11.4 Å². The van der Waals surface area contributed by atoms with E-state index >= 15 is 0 Å². The number of nitrogens with zero attached hydrogens (tertiary/aromatic N) is 1. The summed E-state index contributed by atoms with van der Waals surface area (Å²) < 4.78 is 32.1. The molecule has 2 aromatic carbocycles. The van der Waals surface area contributed by atoms with Crippen molar-refractivity contribution in [2.45, 2.75) is 36.6 Å². The first-order valence-electron chi connectivity index (χ1n) is 9.60. The third-order valence-corrected chi connectivity index (χ3v) is 7.04. The van der Waals surface area contributed by atoms with E-state index in [1.807, 2.05) is 6.07 Å². The summed E-state index contributed by atoms with van der Waals surface area (Å²) in [6.45, 7) is 0.720. The lowest BCUT2D eigenvalue weighted by Crippen LogP contribution is -2.46. The average Bonchev–Trinajstić information content (AvgIpc) is 2.73. The zero-order valence-corrected chi connectivity index (χ0v) is 17.2. The Labute approximate surface area is 171 Å². The normalized spacial score (nSPS) is 15.8. The number of nitrogens with one attached hydrogen (secondary N) is 1. The molecule has 0 saturated carbocycles. The van der Waals surface area contributed by atoms with E-state index in [4.69, 9.17) is 4.74 Å². The highest BCUT2D eigenvalue weighted by atomic mass is 32.2. The number of rotatable bonds is 7. The van der Waals surface area contributed by atoms with Gasteiger partial charge in [-0.1, -0.05) is 18.2 Å². The van der Waals surface area contributed by atoms with E-state index in [9.17, 15) is 18.3 Å². The number of sulfonamides is 1. The largest absolute Gasteiger partial charge is 0.508 e. The zero-order valence-electron chi connectivity index (χ0n) is 16.4. The molecule has 7 nitrogen and oxygen atoms in total. The molecule has 8 heteroatoms. The first-order valence-corrected chi connectivity index (χ1v) is 11.0. The Balaban J connectivity index is 1.49. The van der Waals surface area contributed by atoms with Crippen LogP contribution in [0.2, 0.25) is 0 Å². The molecule has 1 aliphatic heterocycles. The molecule has 0 unspecified atom stereocenters. The van der Waals surface area contributed by atoms with Crippen LogP contribution in [-0.4, -0.2) is 50.0 Å². The van der Waals surface area contributed by atoms with Crippen LogP contribution in [0.15, 0.2) is 53.4 Å². The number of aromatic hydroxyl groups is 1. The van der Waals surface area contributed by atoms with Crippen molar-refractivity contribution in [2.75, 3.05) is 20.2 Å². The van der Waals surface area contributed by atoms with E-state index in [-0.39, 0.29) is 29.0 Å². The van der Waals surface area contributed by atoms with Crippen molar-refractivity contribution in [3.8, 4) is 11.5 Å². The molecule has 1 fully saturated rings. The molecule has 1 aliphatic rings. The van der Waals surface area contributed by atoms with Gasteiger partial charge in [0.15, 0.2) is 0 Å². The van der Waals surface area contributed by atoms with Crippen molar-refractivity contribution in [1.82, 2.24) is 9.62 Å². The number of amides is 1. The lowest BCUT2D eigenvalue weighted by molar-refractivity contribution is -0.122. The number of methoxy groups -OCH3 is 1. The van der Waals surface area contributed by atoms with Crippen LogP contribution in [0.25, 0.3) is 0 Å². The van der Waals surface area contributed by atoms with Gasteiger partial charge in [-0.3, -0.25) is 4.79 Å². The molecular formula is C21H26N2O5S. The molecule has 0 aliphatic carbocycles. The predicted octanol–water partition coefficient (Wildman–Crippen LogP) is 2.30. The Kier molecular flexibility index (Phi) is 6.76. The number of piperidine rings is 1. The quantitative estimate of drug-likeness (QED) is 0.719. The summed E-state index contributed by atoms with van der Waals surface area (Å²) in [5.41, 5.74) is 0.739. The highest BCUT2D eigenvalue weighted by Gasteiger charge is 2.29. The van der Waals surface area contributed by atoms with Crippen molar-refractivity contribution in [3.63, 3.8) is 0 Å². The molecule has 1 saturated heterocycles. The lowest BCUT2D eigenvalue weighted by atomic mass is 10.1. The van der Waals surface area contributed by atoms with E-state index in [2.05, 4.69) is 5.32 Å². The molecule has 3 rings (SSSR count). The number of hydrogen-bond acceptors (Lipinski definition) is 5. The zero-order chi connectivity index (χ0) is 20.9. The molecule has 0 bridgehead atoms. The first-order chi connectivity index (χ1) is 13.9. The van der Waals surface area contributed by atoms with Crippen LogP contribution in [0.4, 0.5) is 0 Å². The number of para-hydroxylation sites is 1. The number of carbonyl (C=O) groups excluding carboxylic acids is 1. The van der Waals surface area contributed by atoms with E-state index in [0.717, 1.165) is 5.56 Å². The van der Waals surface area contributed by atoms with Gasteiger partial charge in [-0.25, -0.2) is 8.42 Å². The number of benzene rings is 2. The van der Waals surface area contributed by atoms with Crippen molar-refractivity contribution in [2.24, 2.45) is 0 Å². The summed E-state index contributed by atoms with van der Waals surface area (Å²) >= 11 is 0. The molecule has 0 aromatic heterocycles. The number of ether oxygens (including phenoxy) is 1. The van der Waals surface area contributed by atoms with Gasteiger partial charge in [-0.2, -0.15) is 4.31 Å². The Bertz CT molecular complexity index is 936. The third kappa shape index (κ3) is 5.27. The first kappa shape index (κ1) is 21.1. The summed E-state index contributed by atoms with van der Waals surface area (Å²) in [5, 5.41) is 12.7. The maximum atomic E-state index is 12.8. The maximum Gasteiger partial charge on any atom is 0.243 e. The van der Waals surface area contributed by atoms with Crippen LogP contribution in [0.3, 0.4) is 0 Å². The average molecular weight is 419 g/mol. The van der Waals surface area contributed by atoms with Gasteiger partial charge in [-0.05, 0) is 55.2 Å². The minimum Gasteiger partial charge on any atom is -0.508 e. The van der Waals surface area contributed by atoms with Crippen molar-refractivity contribution < 1.29 is 23.1 Å². The van der Waals surface area contributed by atoms with Gasteiger partial charge in [0.25, 0.3) is 0 Å². The molecule has 0 spiro atoms. The second-order valence-electron chi connectivity index (χ2n) is 7.05. The van der Waals surface area contributed by atoms with Gasteiger partial charge < -0.3 is 15.2 Å². The van der Waals surface area contributed by atoms with Gasteiger partial charge in [0.2, 0.25) is 15.9 Å². The van der Waals surface area contributed by atoms with Gasteiger partial charge in [-0.15, -0.1) is 0 Å². The van der Waals surface area contributed by atoms with Gasteiger partial charge >= 0.3 is 0 Å². The third-order valence-electron chi connectivity index (χ3n) is 5.13. The number of hydrogen-bond donors (Lipinski definition) is 2. The van der Waals surface area contributed by atoms with Gasteiger partial charge in [0, 0.05) is 25.6 Å². The highest BCUT2D eigenvalue weighted by molar-refractivity contribution is 7.89. The molecule has 29 heavy (non-hydrogen) atoms. The summed E-state index contributed by atoms with van der Waals surface area (Å²) in [6, 6.07) is 13.3. The fraction of sp³-hybridized carbons (Fsp3) is 0.381. The topological polar surface area (TPSA) is 95.9 Å². The smallest absolute Gasteiger partial charge is 0.243 e. The summed E-state index contributed by atoms with van der Waals surface area (Å²) in [4.78, 5) is 12.5. The van der Waals surface area contributed by atoms with Crippen molar-refractivity contribution in [3.05, 3.63) is 54.1 Å². The minimum absolute atomic E-state index is 0.0470. The highest BCUT2D eigenvalue weighted by Crippen LogP contribution is 2.23. The fourth-order valence-corrected chi connectivity index (χ4v) is 4.88. The monoisotopic (exact) mass is 418 g/mol. The Morgan fingerprint density at radius 3 is 2.41 bits per heavy atom. The van der Waals surface area contributed by atoms with Crippen LogP contribution < -0.4 is 10.1 Å². The number of phenolic OH excluding ortho intramolecular Hbond substituents is 1. The number of carbonyl (C=O) groups is 1. The molecule has 2 aromatic rings. The fourth-order valence-electron chi connectivity index (χ4n) is 3.41. The molecule has 156 valence electrons. The molecular weight excluding hydrogens is 392 g/mol. The standard InChI is InChI=1S/C21H26N2O5S/c1-28-18-7-9-19(10-8-18)29(26,27)23-14-12-17(13-15-23)22-21(25)11-6-16-4-2-3-5-20(16)24/h2-5,7-10,17,24H,6,11-15H2,1H3,(H,22,25). The molecule has 1 amide bonds. The SMILES string of the molecule is COc1ccc(S(=O)(=O)N2CCC(NC(=O)CCc3ccccc3O)CC2)cc1. The lowest BCUT2D eigenvalue weighted by Gasteiger charge is -2.31. The van der Waals surface area contributed by atoms with Gasteiger partial charge in [0.05, 0.1) is 12.0 Å². The summed E-state index contributed by atoms with van der Waals surface area (Å²) in [5.74, 6) is 0.705. The number of phenols is 1. The van der Waals surface area contributed by atoms with E-state index in [0.29, 0.717) is 38.1 Å². The van der Waals surface area contributed by atoms with Crippen molar-refractivity contribution >= 4 is 15.9 Å². The summed E-state index contributed by atoms with van der Waals surface area (Å²) in [7, 11) is -2.02. The minimum atomic E-state index is -3.55. The van der Waals surface area contributed by atoms with Crippen LogP contribution in [-0.2, 0) is 21.2 Å². The second-order valence-corrected chi connectivity index (χ2v) is 8.99. The maximum absolute atomic E-state index is 12.8. The van der Waals surface area contributed by atoms with Crippen LogP contribution in [0, 0.1) is 0 Å². The predicted molar refractivity (Wildman–Crippen MR) is 109 cm³/mol. The second kappa shape index (κ2) is 9.28. The molecule has 1 heterocycles. The Hall–Kier alpha value is -2.58. The molecule has 0 atom stereocenters. The van der Waals surface area contributed by atoms with Crippen LogP contribution >= 0.6 is 0 Å². The molecule has 0 radical (unpaired) electrons. The van der Waals surface area contributed by atoms with Crippen LogP contribution in [0.1, 0.15) is 24.8 Å². The van der Waals surface area contributed by atoms with Gasteiger partial charge in [0.1, 0.15) is 11.5 Å². The summed E-state index contributed by atoms with van der Waals surface area (Å²) in [6.07, 6.45) is 1.88. The van der Waals surface area contributed by atoms with E-state index < -0.39 is 10.0 Å². The molecule has 2 N–H and O–H groups in total. The number of aryl methyl sites for hydroxylation is 1. The van der Waals surface area contributed by atoms with E-state index in [1.54, 1.807) is 42.5 Å². The Morgan fingerprint density at radius 1 is 1.14 bits per heavy atom.